The monoisotopic (exact) mass is 480 g/mol. The second kappa shape index (κ2) is 8.43. The average molecular weight is 481 g/mol. The number of ketones is 1. The molecule has 158 valence electrons. The molecule has 1 N–H and O–H groups in total. The van der Waals surface area contributed by atoms with Crippen molar-refractivity contribution in [2.75, 3.05) is 19.0 Å². The van der Waals surface area contributed by atoms with E-state index >= 15 is 0 Å². The van der Waals surface area contributed by atoms with Gasteiger partial charge in [0.1, 0.15) is 11.5 Å². The van der Waals surface area contributed by atoms with Crippen LogP contribution in [0.2, 0.25) is 0 Å². The van der Waals surface area contributed by atoms with Gasteiger partial charge in [0.05, 0.1) is 24.4 Å². The van der Waals surface area contributed by atoms with Crippen LogP contribution in [0.4, 0.5) is 5.69 Å². The zero-order valence-electron chi connectivity index (χ0n) is 17.1. The van der Waals surface area contributed by atoms with Gasteiger partial charge in [-0.1, -0.05) is 40.2 Å². The number of anilines is 1. The zero-order chi connectivity index (χ0) is 22.1. The molecular formula is C24H21BrN2O4. The fourth-order valence-corrected chi connectivity index (χ4v) is 3.94. The number of benzene rings is 2. The Balaban J connectivity index is 1.84. The maximum Gasteiger partial charge on any atom is 0.296 e. The lowest BCUT2D eigenvalue weighted by molar-refractivity contribution is -0.140. The van der Waals surface area contributed by atoms with Gasteiger partial charge in [0.25, 0.3) is 11.7 Å². The Morgan fingerprint density at radius 3 is 2.32 bits per heavy atom. The molecule has 0 spiro atoms. The minimum absolute atomic E-state index is 0.0662. The smallest absolute Gasteiger partial charge is 0.296 e. The number of carbonyl (C=O) groups excluding carboxylic acids is 2. The summed E-state index contributed by atoms with van der Waals surface area (Å²) in [7, 11) is 3.87. The van der Waals surface area contributed by atoms with E-state index in [1.807, 2.05) is 43.3 Å². The lowest BCUT2D eigenvalue weighted by Gasteiger charge is -2.25. The van der Waals surface area contributed by atoms with Crippen LogP contribution in [0.15, 0.2) is 81.4 Å². The van der Waals surface area contributed by atoms with E-state index in [0.29, 0.717) is 11.3 Å². The van der Waals surface area contributed by atoms with Gasteiger partial charge < -0.3 is 19.3 Å². The van der Waals surface area contributed by atoms with Crippen LogP contribution in [0.25, 0.3) is 5.76 Å². The third kappa shape index (κ3) is 4.01. The number of aliphatic hydroxyl groups excluding tert-OH is 1. The first-order valence-electron chi connectivity index (χ1n) is 9.71. The van der Waals surface area contributed by atoms with Crippen molar-refractivity contribution < 1.29 is 19.1 Å². The summed E-state index contributed by atoms with van der Waals surface area (Å²) in [6, 6.07) is 17.3. The second-order valence-electron chi connectivity index (χ2n) is 7.50. The minimum atomic E-state index is -0.732. The number of hydrogen-bond donors (Lipinski definition) is 1. The minimum Gasteiger partial charge on any atom is -0.507 e. The molecule has 1 saturated heterocycles. The molecule has 6 nitrogen and oxygen atoms in total. The predicted molar refractivity (Wildman–Crippen MR) is 121 cm³/mol. The fourth-order valence-electron chi connectivity index (χ4n) is 3.68. The number of rotatable bonds is 5. The highest BCUT2D eigenvalue weighted by Crippen LogP contribution is 2.40. The van der Waals surface area contributed by atoms with Crippen molar-refractivity contribution >= 4 is 39.1 Å². The van der Waals surface area contributed by atoms with E-state index in [9.17, 15) is 14.7 Å². The van der Waals surface area contributed by atoms with Crippen LogP contribution in [0.1, 0.15) is 22.9 Å². The van der Waals surface area contributed by atoms with E-state index in [1.54, 1.807) is 36.4 Å². The van der Waals surface area contributed by atoms with Crippen LogP contribution < -0.4 is 4.90 Å². The van der Waals surface area contributed by atoms with Crippen molar-refractivity contribution in [2.24, 2.45) is 0 Å². The summed E-state index contributed by atoms with van der Waals surface area (Å²) in [5, 5.41) is 11.1. The van der Waals surface area contributed by atoms with Crippen molar-refractivity contribution in [3.8, 4) is 0 Å². The van der Waals surface area contributed by atoms with Crippen LogP contribution in [0.3, 0.4) is 0 Å². The first-order chi connectivity index (χ1) is 14.9. The molecule has 1 amide bonds. The molecule has 2 aromatic carbocycles. The zero-order valence-corrected chi connectivity index (χ0v) is 18.7. The molecule has 0 bridgehead atoms. The van der Waals surface area contributed by atoms with Gasteiger partial charge in [-0.2, -0.15) is 0 Å². The van der Waals surface area contributed by atoms with Gasteiger partial charge in [0, 0.05) is 29.8 Å². The molecule has 4 rings (SSSR count). The van der Waals surface area contributed by atoms with Crippen LogP contribution >= 0.6 is 15.9 Å². The van der Waals surface area contributed by atoms with Gasteiger partial charge in [-0.3, -0.25) is 9.59 Å². The number of aliphatic hydroxyl groups is 1. The summed E-state index contributed by atoms with van der Waals surface area (Å²) in [6.07, 6.45) is 1.52. The molecule has 0 radical (unpaired) electrons. The van der Waals surface area contributed by atoms with Crippen LogP contribution in [0.5, 0.6) is 0 Å². The Hall–Kier alpha value is -3.32. The molecular weight excluding hydrogens is 460 g/mol. The number of hydrogen-bond acceptors (Lipinski definition) is 5. The fraction of sp³-hybridized carbons (Fsp3) is 0.167. The Bertz CT molecular complexity index is 1130. The lowest BCUT2D eigenvalue weighted by Crippen LogP contribution is -2.29. The maximum atomic E-state index is 13.0. The predicted octanol–water partition coefficient (Wildman–Crippen LogP) is 4.73. The molecule has 0 unspecified atom stereocenters. The Kier molecular flexibility index (Phi) is 5.69. The van der Waals surface area contributed by atoms with E-state index in [0.717, 1.165) is 15.7 Å². The largest absolute Gasteiger partial charge is 0.507 e. The number of halogens is 1. The molecule has 1 aromatic heterocycles. The maximum absolute atomic E-state index is 13.0. The number of carbonyl (C=O) groups is 2. The van der Waals surface area contributed by atoms with Crippen molar-refractivity contribution in [3.63, 3.8) is 0 Å². The molecule has 2 heterocycles. The van der Waals surface area contributed by atoms with Crippen LogP contribution in [-0.2, 0) is 16.1 Å². The molecule has 0 aliphatic carbocycles. The van der Waals surface area contributed by atoms with Gasteiger partial charge in [0.2, 0.25) is 0 Å². The van der Waals surface area contributed by atoms with E-state index in [1.165, 1.54) is 11.2 Å². The molecule has 1 fully saturated rings. The van der Waals surface area contributed by atoms with E-state index in [2.05, 4.69) is 15.9 Å². The SMILES string of the molecule is CN(C)c1ccc([C@H]2C(=C(O)c3ccc(Br)cc3)C(=O)C(=O)N2Cc2ccco2)cc1. The second-order valence-corrected chi connectivity index (χ2v) is 8.41. The van der Waals surface area contributed by atoms with E-state index in [4.69, 9.17) is 4.42 Å². The summed E-state index contributed by atoms with van der Waals surface area (Å²) in [5.74, 6) is -1.03. The van der Waals surface area contributed by atoms with Crippen molar-refractivity contribution in [3.05, 3.63) is 93.9 Å². The van der Waals surface area contributed by atoms with Gasteiger partial charge in [-0.25, -0.2) is 0 Å². The number of amides is 1. The molecule has 7 heteroatoms. The Morgan fingerprint density at radius 1 is 1.06 bits per heavy atom. The summed E-state index contributed by atoms with van der Waals surface area (Å²) in [4.78, 5) is 29.4. The number of likely N-dealkylation sites (tertiary alicyclic amines) is 1. The number of furan rings is 1. The summed E-state index contributed by atoms with van der Waals surface area (Å²) in [6.45, 7) is 0.120. The summed E-state index contributed by atoms with van der Waals surface area (Å²) >= 11 is 3.37. The highest BCUT2D eigenvalue weighted by atomic mass is 79.9. The quantitative estimate of drug-likeness (QED) is 0.324. The van der Waals surface area contributed by atoms with Crippen LogP contribution in [-0.4, -0.2) is 35.8 Å². The van der Waals surface area contributed by atoms with Crippen molar-refractivity contribution in [1.29, 1.82) is 0 Å². The first kappa shape index (κ1) is 20.9. The van der Waals surface area contributed by atoms with Gasteiger partial charge >= 0.3 is 0 Å². The van der Waals surface area contributed by atoms with Gasteiger partial charge in [-0.15, -0.1) is 0 Å². The standard InChI is InChI=1S/C24H21BrN2O4/c1-26(2)18-11-7-15(8-12-18)21-20(22(28)16-5-9-17(25)10-6-16)23(29)24(30)27(21)14-19-4-3-13-31-19/h3-13,21,28H,14H2,1-2H3/t21-/m0/s1. The highest BCUT2D eigenvalue weighted by Gasteiger charge is 2.46. The van der Waals surface area contributed by atoms with Crippen molar-refractivity contribution in [1.82, 2.24) is 4.90 Å². The topological polar surface area (TPSA) is 74.0 Å². The van der Waals surface area contributed by atoms with E-state index < -0.39 is 17.7 Å². The number of nitrogens with zero attached hydrogens (tertiary/aromatic N) is 2. The van der Waals surface area contributed by atoms with Gasteiger partial charge in [-0.05, 0) is 42.0 Å². The summed E-state index contributed by atoms with van der Waals surface area (Å²) < 4.78 is 6.26. The van der Waals surface area contributed by atoms with Crippen LogP contribution in [0, 0.1) is 0 Å². The van der Waals surface area contributed by atoms with E-state index in [-0.39, 0.29) is 17.9 Å². The summed E-state index contributed by atoms with van der Waals surface area (Å²) in [5.41, 5.74) is 2.25. The third-order valence-corrected chi connectivity index (χ3v) is 5.82. The molecule has 1 atom stereocenters. The normalized spacial score (nSPS) is 17.9. The number of Topliss-reactive ketones (excluding diaryl/α,β-unsaturated/α-hetero) is 1. The lowest BCUT2D eigenvalue weighted by atomic mass is 9.95. The molecule has 3 aromatic rings. The third-order valence-electron chi connectivity index (χ3n) is 5.29. The molecule has 1 aliphatic rings. The Morgan fingerprint density at radius 2 is 1.74 bits per heavy atom. The average Bonchev–Trinajstić information content (AvgIpc) is 3.36. The van der Waals surface area contributed by atoms with Gasteiger partial charge in [0.15, 0.2) is 0 Å². The Labute approximate surface area is 188 Å². The highest BCUT2D eigenvalue weighted by molar-refractivity contribution is 9.10. The molecule has 31 heavy (non-hydrogen) atoms. The molecule has 0 saturated carbocycles. The molecule has 1 aliphatic heterocycles. The van der Waals surface area contributed by atoms with Crippen molar-refractivity contribution in [2.45, 2.75) is 12.6 Å². The first-order valence-corrected chi connectivity index (χ1v) is 10.5.